The second-order valence-electron chi connectivity index (χ2n) is 8.18. The van der Waals surface area contributed by atoms with E-state index in [-0.39, 0.29) is 64.2 Å². The molecule has 2 bridgehead atoms. The molecule has 2 heterocycles. The van der Waals surface area contributed by atoms with Crippen LogP contribution in [0.1, 0.15) is 19.3 Å². The number of ether oxygens (including phenoxy) is 1. The van der Waals surface area contributed by atoms with Gasteiger partial charge in [0.1, 0.15) is 0 Å². The highest BCUT2D eigenvalue weighted by atomic mass is 127. The van der Waals surface area contributed by atoms with Gasteiger partial charge in [-0.1, -0.05) is 12.2 Å². The van der Waals surface area contributed by atoms with Crippen LogP contribution in [0.2, 0.25) is 0 Å². The molecule has 4 unspecified atom stereocenters. The largest absolute Gasteiger partial charge is 0.381 e. The molecule has 2 saturated heterocycles. The molecule has 2 aliphatic carbocycles. The van der Waals surface area contributed by atoms with Crippen molar-refractivity contribution in [2.75, 3.05) is 46.2 Å². The van der Waals surface area contributed by atoms with Crippen LogP contribution in [0.25, 0.3) is 0 Å². The first kappa shape index (κ1) is 22.9. The Morgan fingerprint density at radius 3 is 2.38 bits per heavy atom. The molecule has 4 aliphatic rings. The third-order valence-electron chi connectivity index (χ3n) is 6.83. The second kappa shape index (κ2) is 9.55. The van der Waals surface area contributed by atoms with E-state index in [9.17, 15) is 9.59 Å². The zero-order chi connectivity index (χ0) is 19.7. The molecule has 2 amide bonds. The van der Waals surface area contributed by atoms with Crippen LogP contribution in [0.15, 0.2) is 17.1 Å². The van der Waals surface area contributed by atoms with Gasteiger partial charge in [0.2, 0.25) is 11.8 Å². The lowest BCUT2D eigenvalue weighted by Gasteiger charge is -2.36. The maximum atomic E-state index is 12.7. The predicted octanol–water partition coefficient (Wildman–Crippen LogP) is 1.49. The molecule has 0 aromatic heterocycles. The lowest BCUT2D eigenvalue weighted by Crippen LogP contribution is -2.49. The summed E-state index contributed by atoms with van der Waals surface area (Å²) in [5.41, 5.74) is 0. The number of hydrogen-bond acceptors (Lipinski definition) is 5. The van der Waals surface area contributed by atoms with Gasteiger partial charge in [-0.3, -0.25) is 19.5 Å². The van der Waals surface area contributed by atoms with Crippen molar-refractivity contribution < 1.29 is 14.3 Å². The molecule has 0 aromatic rings. The van der Waals surface area contributed by atoms with Gasteiger partial charge in [0, 0.05) is 44.6 Å². The van der Waals surface area contributed by atoms with Gasteiger partial charge in [0.15, 0.2) is 5.96 Å². The summed E-state index contributed by atoms with van der Waals surface area (Å²) in [6.07, 6.45) is 9.41. The van der Waals surface area contributed by atoms with E-state index in [2.05, 4.69) is 34.0 Å². The zero-order valence-corrected chi connectivity index (χ0v) is 20.2. The number of nitrogens with zero attached hydrogens (tertiary/aromatic N) is 2. The molecule has 9 heteroatoms. The number of fused-ring (bicyclic) bond motifs is 5. The Morgan fingerprint density at radius 1 is 1.21 bits per heavy atom. The molecule has 29 heavy (non-hydrogen) atoms. The molecule has 162 valence electrons. The van der Waals surface area contributed by atoms with Gasteiger partial charge in [-0.2, -0.15) is 11.8 Å². The first-order valence-electron chi connectivity index (χ1n) is 10.2. The van der Waals surface area contributed by atoms with E-state index in [1.165, 1.54) is 4.90 Å². The molecular weight excluding hydrogens is 503 g/mol. The molecular formula is C20H31IN4O3S. The summed E-state index contributed by atoms with van der Waals surface area (Å²) in [6.45, 7) is 3.32. The number of imide groups is 1. The molecule has 2 N–H and O–H groups in total. The number of carbonyl (C=O) groups excluding carboxylic acids is 2. The summed E-state index contributed by atoms with van der Waals surface area (Å²) in [4.78, 5) is 31.2. The summed E-state index contributed by atoms with van der Waals surface area (Å²) < 4.78 is 5.66. The lowest BCUT2D eigenvalue weighted by molar-refractivity contribution is -0.140. The number of likely N-dealkylation sites (tertiary alicyclic amines) is 1. The summed E-state index contributed by atoms with van der Waals surface area (Å²) >= 11 is 1.88. The molecule has 2 aliphatic heterocycles. The molecule has 3 fully saturated rings. The van der Waals surface area contributed by atoms with Crippen molar-refractivity contribution >= 4 is 53.5 Å². The topological polar surface area (TPSA) is 83.0 Å². The standard InChI is InChI=1S/C20H30N4O3S.HI/c1-21-19(23-12-20(28-2)5-9-27-10-6-20)22-7-8-24-17(25)15-13-3-4-14(11-13)16(15)18(24)26;/h3-4,13-16H,5-12H2,1-2H3,(H2,21,22,23);1H. The van der Waals surface area contributed by atoms with Crippen molar-refractivity contribution in [1.29, 1.82) is 0 Å². The Hall–Kier alpha value is -0.810. The van der Waals surface area contributed by atoms with Gasteiger partial charge in [0.05, 0.1) is 11.8 Å². The van der Waals surface area contributed by atoms with E-state index in [0.717, 1.165) is 39.0 Å². The molecule has 0 aromatic carbocycles. The maximum absolute atomic E-state index is 12.7. The van der Waals surface area contributed by atoms with Crippen molar-refractivity contribution in [3.63, 3.8) is 0 Å². The minimum Gasteiger partial charge on any atom is -0.381 e. The van der Waals surface area contributed by atoms with Crippen molar-refractivity contribution in [1.82, 2.24) is 15.5 Å². The second-order valence-corrected chi connectivity index (χ2v) is 9.45. The van der Waals surface area contributed by atoms with E-state index in [4.69, 9.17) is 4.74 Å². The van der Waals surface area contributed by atoms with Gasteiger partial charge >= 0.3 is 0 Å². The fourth-order valence-electron chi connectivity index (χ4n) is 5.13. The van der Waals surface area contributed by atoms with Crippen LogP contribution in [0.5, 0.6) is 0 Å². The van der Waals surface area contributed by atoms with Crippen LogP contribution in [0.4, 0.5) is 0 Å². The van der Waals surface area contributed by atoms with Gasteiger partial charge in [-0.25, -0.2) is 0 Å². The number of guanidine groups is 1. The number of carbonyl (C=O) groups is 2. The smallest absolute Gasteiger partial charge is 0.233 e. The molecule has 0 spiro atoms. The number of aliphatic imine (C=N–C) groups is 1. The Balaban J connectivity index is 0.00000240. The highest BCUT2D eigenvalue weighted by Crippen LogP contribution is 2.52. The minimum absolute atomic E-state index is 0. The number of rotatable bonds is 6. The van der Waals surface area contributed by atoms with Gasteiger partial charge in [0.25, 0.3) is 0 Å². The Labute approximate surface area is 193 Å². The fourth-order valence-corrected chi connectivity index (χ4v) is 5.92. The number of thioether (sulfide) groups is 1. The first-order chi connectivity index (χ1) is 13.6. The molecule has 0 radical (unpaired) electrons. The number of amides is 2. The number of nitrogens with one attached hydrogen (secondary N) is 2. The quantitative estimate of drug-likeness (QED) is 0.177. The third kappa shape index (κ3) is 4.32. The number of halogens is 1. The summed E-state index contributed by atoms with van der Waals surface area (Å²) in [7, 11) is 1.74. The Kier molecular flexibility index (Phi) is 7.53. The van der Waals surface area contributed by atoms with E-state index in [0.29, 0.717) is 19.0 Å². The van der Waals surface area contributed by atoms with E-state index in [1.54, 1.807) is 7.05 Å². The van der Waals surface area contributed by atoms with Crippen molar-refractivity contribution in [2.24, 2.45) is 28.7 Å². The van der Waals surface area contributed by atoms with Gasteiger partial charge in [-0.05, 0) is 37.4 Å². The zero-order valence-electron chi connectivity index (χ0n) is 17.1. The summed E-state index contributed by atoms with van der Waals surface area (Å²) in [6, 6.07) is 0. The van der Waals surface area contributed by atoms with Crippen LogP contribution in [0, 0.1) is 23.7 Å². The highest BCUT2D eigenvalue weighted by Gasteiger charge is 2.58. The van der Waals surface area contributed by atoms with E-state index < -0.39 is 0 Å². The van der Waals surface area contributed by atoms with E-state index >= 15 is 0 Å². The summed E-state index contributed by atoms with van der Waals surface area (Å²) in [5.74, 6) is 1.04. The average molecular weight is 534 g/mol. The van der Waals surface area contributed by atoms with Crippen LogP contribution in [0.3, 0.4) is 0 Å². The van der Waals surface area contributed by atoms with Crippen LogP contribution in [-0.4, -0.2) is 73.6 Å². The average Bonchev–Trinajstić information content (AvgIpc) is 3.40. The third-order valence-corrected chi connectivity index (χ3v) is 8.25. The first-order valence-corrected chi connectivity index (χ1v) is 11.4. The lowest BCUT2D eigenvalue weighted by atomic mass is 9.85. The Bertz CT molecular complexity index is 665. The minimum atomic E-state index is -0.116. The normalized spacial score (nSPS) is 32.3. The molecule has 4 atom stereocenters. The maximum Gasteiger partial charge on any atom is 0.233 e. The van der Waals surface area contributed by atoms with Crippen LogP contribution < -0.4 is 10.6 Å². The Morgan fingerprint density at radius 2 is 1.83 bits per heavy atom. The van der Waals surface area contributed by atoms with E-state index in [1.807, 2.05) is 11.8 Å². The predicted molar refractivity (Wildman–Crippen MR) is 126 cm³/mol. The van der Waals surface area contributed by atoms with Crippen molar-refractivity contribution in [2.45, 2.75) is 24.0 Å². The van der Waals surface area contributed by atoms with Crippen LogP contribution in [-0.2, 0) is 14.3 Å². The van der Waals surface area contributed by atoms with Gasteiger partial charge in [-0.15, -0.1) is 24.0 Å². The molecule has 7 nitrogen and oxygen atoms in total. The molecule has 4 rings (SSSR count). The molecule has 1 saturated carbocycles. The summed E-state index contributed by atoms with van der Waals surface area (Å²) in [5, 5.41) is 6.67. The number of allylic oxidation sites excluding steroid dienone is 2. The van der Waals surface area contributed by atoms with Crippen molar-refractivity contribution in [3.05, 3.63) is 12.2 Å². The monoisotopic (exact) mass is 534 g/mol. The highest BCUT2D eigenvalue weighted by molar-refractivity contribution is 14.0. The fraction of sp³-hybridized carbons (Fsp3) is 0.750. The van der Waals surface area contributed by atoms with Crippen LogP contribution >= 0.6 is 35.7 Å². The van der Waals surface area contributed by atoms with Gasteiger partial charge < -0.3 is 15.4 Å². The number of hydrogen-bond donors (Lipinski definition) is 2. The SMILES string of the molecule is CN=C(NCCN1C(=O)C2C3C=CC(C3)C2C1=O)NCC1(SC)CCOCC1.I. The van der Waals surface area contributed by atoms with Crippen molar-refractivity contribution in [3.8, 4) is 0 Å².